The van der Waals surface area contributed by atoms with Gasteiger partial charge in [0, 0.05) is 44.8 Å². The lowest BCUT2D eigenvalue weighted by molar-refractivity contribution is -0.138. The molecule has 172 valence electrons. The summed E-state index contributed by atoms with van der Waals surface area (Å²) < 4.78 is 37.9. The number of hydrogen-bond donors (Lipinski definition) is 2. The third-order valence-corrected chi connectivity index (χ3v) is 4.64. The normalized spacial score (nSPS) is 12.8. The van der Waals surface area contributed by atoms with Gasteiger partial charge in [0.15, 0.2) is 0 Å². The van der Waals surface area contributed by atoms with E-state index in [0.717, 1.165) is 18.0 Å². The second-order valence-electron chi connectivity index (χ2n) is 6.91. The van der Waals surface area contributed by atoms with Crippen molar-refractivity contribution in [3.8, 4) is 0 Å². The number of anilines is 2. The average molecular weight is 449 g/mol. The van der Waals surface area contributed by atoms with Crippen molar-refractivity contribution in [2.75, 3.05) is 30.9 Å². The van der Waals surface area contributed by atoms with Gasteiger partial charge in [-0.05, 0) is 32.4 Å². The first-order valence-electron chi connectivity index (χ1n) is 9.92. The molecule has 2 N–H and O–H groups in total. The molecule has 2 rings (SSSR count). The van der Waals surface area contributed by atoms with E-state index >= 15 is 0 Å². The van der Waals surface area contributed by atoms with Crippen molar-refractivity contribution in [2.24, 2.45) is 10.1 Å². The number of nitrogens with zero attached hydrogens (tertiary/aromatic N) is 5. The number of amides is 1. The van der Waals surface area contributed by atoms with Crippen LogP contribution in [0.15, 0.2) is 40.7 Å². The number of nitrogens with one attached hydrogen (secondary N) is 2. The summed E-state index contributed by atoms with van der Waals surface area (Å²) in [5.41, 5.74) is 3.86. The second kappa shape index (κ2) is 11.2. The lowest BCUT2D eigenvalue weighted by atomic mass is 10.1. The van der Waals surface area contributed by atoms with Crippen molar-refractivity contribution in [1.82, 2.24) is 14.9 Å². The fourth-order valence-electron chi connectivity index (χ4n) is 2.92. The highest BCUT2D eigenvalue weighted by molar-refractivity contribution is 6.16. The van der Waals surface area contributed by atoms with Crippen LogP contribution in [0.1, 0.15) is 35.3 Å². The minimum atomic E-state index is -4.50. The van der Waals surface area contributed by atoms with Crippen LogP contribution in [0.3, 0.4) is 0 Å². The molecule has 0 aliphatic carbocycles. The molecular formula is C21H26F3N7O. The van der Waals surface area contributed by atoms with Crippen molar-refractivity contribution >= 4 is 30.0 Å². The maximum Gasteiger partial charge on any atom is 0.419 e. The van der Waals surface area contributed by atoms with Crippen molar-refractivity contribution in [1.29, 1.82) is 0 Å². The fourth-order valence-corrected chi connectivity index (χ4v) is 2.92. The van der Waals surface area contributed by atoms with Crippen LogP contribution in [0.4, 0.5) is 24.8 Å². The summed E-state index contributed by atoms with van der Waals surface area (Å²) >= 11 is 0. The van der Waals surface area contributed by atoms with E-state index in [-0.39, 0.29) is 24.4 Å². The van der Waals surface area contributed by atoms with E-state index in [1.165, 1.54) is 12.4 Å². The zero-order valence-electron chi connectivity index (χ0n) is 18.3. The minimum Gasteiger partial charge on any atom is -0.352 e. The highest BCUT2D eigenvalue weighted by Crippen LogP contribution is 2.28. The highest BCUT2D eigenvalue weighted by Gasteiger charge is 2.31. The van der Waals surface area contributed by atoms with Crippen LogP contribution in [-0.4, -0.2) is 59.4 Å². The summed E-state index contributed by atoms with van der Waals surface area (Å²) in [5, 5.41) is 6.94. The molecule has 0 bridgehead atoms. The Morgan fingerprint density at radius 1 is 1.25 bits per heavy atom. The zero-order chi connectivity index (χ0) is 23.7. The number of para-hydroxylation sites is 1. The number of halogens is 3. The molecule has 1 heterocycles. The Labute approximate surface area is 184 Å². The molecule has 1 amide bonds. The summed E-state index contributed by atoms with van der Waals surface area (Å²) in [5.74, 6) is -0.154. The second-order valence-corrected chi connectivity index (χ2v) is 6.91. The van der Waals surface area contributed by atoms with E-state index in [1.807, 2.05) is 26.8 Å². The average Bonchev–Trinajstić information content (AvgIpc) is 2.76. The van der Waals surface area contributed by atoms with Gasteiger partial charge >= 0.3 is 6.18 Å². The Balaban J connectivity index is 2.12. The molecule has 0 saturated carbocycles. The molecule has 1 aromatic heterocycles. The SMILES string of the molecule is CCN(C(=O)c1cccc(C)c1N/N=C\C=NC)C(C)CNc1ncc(C(F)(F)F)cn1. The van der Waals surface area contributed by atoms with Crippen LogP contribution in [0, 0.1) is 6.92 Å². The van der Waals surface area contributed by atoms with Crippen LogP contribution in [0.25, 0.3) is 0 Å². The summed E-state index contributed by atoms with van der Waals surface area (Å²) in [7, 11) is 1.62. The lowest BCUT2D eigenvalue weighted by Crippen LogP contribution is -2.42. The summed E-state index contributed by atoms with van der Waals surface area (Å²) in [6.45, 7) is 6.23. The topological polar surface area (TPSA) is 94.9 Å². The largest absolute Gasteiger partial charge is 0.419 e. The molecule has 11 heteroatoms. The quantitative estimate of drug-likeness (QED) is 0.448. The predicted molar refractivity (Wildman–Crippen MR) is 119 cm³/mol. The maximum absolute atomic E-state index is 13.3. The van der Waals surface area contributed by atoms with Gasteiger partial charge in [-0.2, -0.15) is 18.3 Å². The molecule has 0 aliphatic heterocycles. The molecule has 32 heavy (non-hydrogen) atoms. The van der Waals surface area contributed by atoms with Crippen molar-refractivity contribution in [3.63, 3.8) is 0 Å². The van der Waals surface area contributed by atoms with E-state index in [4.69, 9.17) is 0 Å². The van der Waals surface area contributed by atoms with Gasteiger partial charge in [0.1, 0.15) is 0 Å². The number of carbonyl (C=O) groups is 1. The highest BCUT2D eigenvalue weighted by atomic mass is 19.4. The summed E-state index contributed by atoms with van der Waals surface area (Å²) in [6, 6.07) is 5.08. The number of benzene rings is 1. The van der Waals surface area contributed by atoms with Gasteiger partial charge < -0.3 is 10.2 Å². The van der Waals surface area contributed by atoms with E-state index in [0.29, 0.717) is 17.8 Å². The van der Waals surface area contributed by atoms with Gasteiger partial charge in [0.05, 0.1) is 23.0 Å². The van der Waals surface area contributed by atoms with Crippen molar-refractivity contribution in [3.05, 3.63) is 47.3 Å². The number of rotatable bonds is 9. The number of hydrazone groups is 1. The smallest absolute Gasteiger partial charge is 0.352 e. The molecule has 0 saturated heterocycles. The number of aromatic nitrogens is 2. The molecule has 0 fully saturated rings. The van der Waals surface area contributed by atoms with Crippen LogP contribution < -0.4 is 10.7 Å². The predicted octanol–water partition coefficient (Wildman–Crippen LogP) is 3.86. The molecule has 1 atom stereocenters. The first kappa shape index (κ1) is 24.8. The van der Waals surface area contributed by atoms with Gasteiger partial charge in [-0.25, -0.2) is 9.97 Å². The number of aliphatic imine (C=N–C) groups is 1. The van der Waals surface area contributed by atoms with Crippen LogP contribution in [0.5, 0.6) is 0 Å². The number of alkyl halides is 3. The first-order chi connectivity index (χ1) is 15.2. The van der Waals surface area contributed by atoms with Gasteiger partial charge in [-0.15, -0.1) is 0 Å². The Bertz CT molecular complexity index is 959. The number of aryl methyl sites for hydroxylation is 1. The number of hydrogen-bond acceptors (Lipinski definition) is 7. The van der Waals surface area contributed by atoms with E-state index in [9.17, 15) is 18.0 Å². The van der Waals surface area contributed by atoms with E-state index in [2.05, 4.69) is 30.8 Å². The molecule has 0 aliphatic rings. The molecule has 1 unspecified atom stereocenters. The Kier molecular flexibility index (Phi) is 8.68. The monoisotopic (exact) mass is 449 g/mol. The van der Waals surface area contributed by atoms with Crippen LogP contribution in [0.2, 0.25) is 0 Å². The third-order valence-electron chi connectivity index (χ3n) is 4.64. The molecule has 1 aromatic carbocycles. The van der Waals surface area contributed by atoms with Crippen LogP contribution >= 0.6 is 0 Å². The maximum atomic E-state index is 13.3. The minimum absolute atomic E-state index is 0.0539. The first-order valence-corrected chi connectivity index (χ1v) is 9.92. The Hall–Kier alpha value is -3.50. The van der Waals surface area contributed by atoms with E-state index in [1.54, 1.807) is 24.1 Å². The lowest BCUT2D eigenvalue weighted by Gasteiger charge is -2.29. The fraction of sp³-hybridized carbons (Fsp3) is 0.381. The van der Waals surface area contributed by atoms with Gasteiger partial charge in [-0.1, -0.05) is 12.1 Å². The molecule has 0 radical (unpaired) electrons. The molecule has 8 nitrogen and oxygen atoms in total. The van der Waals surface area contributed by atoms with Crippen molar-refractivity contribution in [2.45, 2.75) is 33.0 Å². The Morgan fingerprint density at radius 2 is 1.94 bits per heavy atom. The standard InChI is InChI=1S/C21H26F3N7O/c1-5-31(15(3)11-26-20-27-12-16(13-28-20)21(22,23)24)19(32)17-8-6-7-14(2)18(17)30-29-10-9-25-4/h6-10,12-13,15,30H,5,11H2,1-4H3,(H,26,27,28)/b25-9?,29-10-. The molecular weight excluding hydrogens is 423 g/mol. The van der Waals surface area contributed by atoms with Gasteiger partial charge in [0.2, 0.25) is 5.95 Å². The summed E-state index contributed by atoms with van der Waals surface area (Å²) in [4.78, 5) is 26.1. The summed E-state index contributed by atoms with van der Waals surface area (Å²) in [6.07, 6.45) is -0.0599. The third kappa shape index (κ3) is 6.50. The van der Waals surface area contributed by atoms with Gasteiger partial charge in [-0.3, -0.25) is 15.2 Å². The molecule has 2 aromatic rings. The van der Waals surface area contributed by atoms with Gasteiger partial charge in [0.25, 0.3) is 5.91 Å². The Morgan fingerprint density at radius 3 is 2.53 bits per heavy atom. The zero-order valence-corrected chi connectivity index (χ0v) is 18.3. The van der Waals surface area contributed by atoms with Crippen molar-refractivity contribution < 1.29 is 18.0 Å². The number of likely N-dealkylation sites (N-methyl/N-ethyl adjacent to an activating group) is 1. The van der Waals surface area contributed by atoms with Crippen LogP contribution in [-0.2, 0) is 6.18 Å². The number of carbonyl (C=O) groups excluding carboxylic acids is 1. The molecule has 0 spiro atoms. The van der Waals surface area contributed by atoms with E-state index < -0.39 is 11.7 Å².